The number of carbonyl (C=O) groups excluding carboxylic acids is 2. The Kier molecular flexibility index (Phi) is 4.77. The van der Waals surface area contributed by atoms with Crippen LogP contribution in [0.25, 0.3) is 0 Å². The number of esters is 1. The summed E-state index contributed by atoms with van der Waals surface area (Å²) in [7, 11) is 0. The number of benzene rings is 1. The first-order chi connectivity index (χ1) is 10.1. The number of ether oxygens (including phenoxy) is 1. The van der Waals surface area contributed by atoms with E-state index in [1.807, 2.05) is 44.2 Å². The highest BCUT2D eigenvalue weighted by Crippen LogP contribution is 2.16. The molecular formula is C16H18N2O3. The predicted molar refractivity (Wildman–Crippen MR) is 80.1 cm³/mol. The van der Waals surface area contributed by atoms with Crippen molar-refractivity contribution < 1.29 is 14.3 Å². The van der Waals surface area contributed by atoms with Gasteiger partial charge in [0.15, 0.2) is 6.61 Å². The van der Waals surface area contributed by atoms with E-state index in [9.17, 15) is 9.59 Å². The normalized spacial score (nSPS) is 10.4. The van der Waals surface area contributed by atoms with E-state index in [0.29, 0.717) is 5.69 Å². The molecule has 0 aliphatic carbocycles. The van der Waals surface area contributed by atoms with Crippen molar-refractivity contribution in [3.8, 4) is 0 Å². The Morgan fingerprint density at radius 2 is 1.86 bits per heavy atom. The molecule has 0 saturated carbocycles. The lowest BCUT2D eigenvalue weighted by atomic mass is 10.2. The highest BCUT2D eigenvalue weighted by Gasteiger charge is 2.20. The van der Waals surface area contributed by atoms with Crippen LogP contribution in [-0.4, -0.2) is 29.5 Å². The van der Waals surface area contributed by atoms with E-state index in [4.69, 9.17) is 4.74 Å². The number of hydrogen-bond acceptors (Lipinski definition) is 3. The van der Waals surface area contributed by atoms with Crippen LogP contribution >= 0.6 is 0 Å². The Labute approximate surface area is 123 Å². The van der Waals surface area contributed by atoms with E-state index in [2.05, 4.69) is 4.98 Å². The number of rotatable bonds is 5. The number of hydrogen-bond donors (Lipinski definition) is 1. The van der Waals surface area contributed by atoms with Gasteiger partial charge in [-0.05, 0) is 38.1 Å². The van der Waals surface area contributed by atoms with Crippen molar-refractivity contribution >= 4 is 17.6 Å². The molecule has 1 amide bonds. The van der Waals surface area contributed by atoms with Crippen molar-refractivity contribution in [2.24, 2.45) is 0 Å². The second kappa shape index (κ2) is 6.74. The van der Waals surface area contributed by atoms with Gasteiger partial charge in [0, 0.05) is 17.9 Å². The van der Waals surface area contributed by atoms with Gasteiger partial charge in [0.1, 0.15) is 5.69 Å². The average Bonchev–Trinajstić information content (AvgIpc) is 3.00. The van der Waals surface area contributed by atoms with E-state index >= 15 is 0 Å². The summed E-state index contributed by atoms with van der Waals surface area (Å²) in [5.41, 5.74) is 1.12. The number of aromatic amines is 1. The number of nitrogens with zero attached hydrogens (tertiary/aromatic N) is 1. The summed E-state index contributed by atoms with van der Waals surface area (Å²) in [6.45, 7) is 3.54. The summed E-state index contributed by atoms with van der Waals surface area (Å²) in [6.07, 6.45) is 1.63. The topological polar surface area (TPSA) is 62.4 Å². The van der Waals surface area contributed by atoms with Crippen LogP contribution in [-0.2, 0) is 9.53 Å². The Morgan fingerprint density at radius 3 is 2.43 bits per heavy atom. The highest BCUT2D eigenvalue weighted by molar-refractivity contribution is 5.97. The van der Waals surface area contributed by atoms with Gasteiger partial charge in [0.25, 0.3) is 5.91 Å². The van der Waals surface area contributed by atoms with Crippen molar-refractivity contribution in [3.05, 3.63) is 54.4 Å². The largest absolute Gasteiger partial charge is 0.451 e. The summed E-state index contributed by atoms with van der Waals surface area (Å²) >= 11 is 0. The second-order valence-corrected chi connectivity index (χ2v) is 4.85. The van der Waals surface area contributed by atoms with Crippen LogP contribution in [0.2, 0.25) is 0 Å². The molecule has 1 aromatic heterocycles. The molecule has 2 aromatic rings. The molecule has 0 aliphatic rings. The Morgan fingerprint density at radius 1 is 1.14 bits per heavy atom. The number of para-hydroxylation sites is 1. The molecule has 0 atom stereocenters. The van der Waals surface area contributed by atoms with Crippen LogP contribution in [0.15, 0.2) is 48.7 Å². The van der Waals surface area contributed by atoms with Gasteiger partial charge >= 0.3 is 5.97 Å². The average molecular weight is 286 g/mol. The quantitative estimate of drug-likeness (QED) is 0.859. The van der Waals surface area contributed by atoms with Crippen molar-refractivity contribution in [2.45, 2.75) is 19.9 Å². The van der Waals surface area contributed by atoms with Crippen molar-refractivity contribution in [1.29, 1.82) is 0 Å². The summed E-state index contributed by atoms with van der Waals surface area (Å²) in [5.74, 6) is -0.791. The molecule has 0 unspecified atom stereocenters. The third-order valence-corrected chi connectivity index (χ3v) is 2.96. The summed E-state index contributed by atoms with van der Waals surface area (Å²) in [5, 5.41) is 0. The van der Waals surface area contributed by atoms with Crippen LogP contribution in [0, 0.1) is 0 Å². The zero-order valence-corrected chi connectivity index (χ0v) is 12.1. The fourth-order valence-electron chi connectivity index (χ4n) is 2.05. The maximum atomic E-state index is 12.3. The van der Waals surface area contributed by atoms with E-state index in [1.165, 1.54) is 0 Å². The molecule has 1 heterocycles. The number of nitrogens with one attached hydrogen (secondary N) is 1. The molecule has 0 spiro atoms. The van der Waals surface area contributed by atoms with Gasteiger partial charge < -0.3 is 14.6 Å². The van der Waals surface area contributed by atoms with Crippen LogP contribution in [0.1, 0.15) is 24.3 Å². The molecule has 0 fully saturated rings. The lowest BCUT2D eigenvalue weighted by Crippen LogP contribution is -2.39. The van der Waals surface area contributed by atoms with E-state index in [0.717, 1.165) is 5.69 Å². The molecule has 1 N–H and O–H groups in total. The standard InChI is InChI=1S/C16H18N2O3/c1-12(2)18(13-7-4-3-5-8-13)15(19)11-21-16(20)14-9-6-10-17-14/h3-10,12,17H,11H2,1-2H3. The van der Waals surface area contributed by atoms with Crippen molar-refractivity contribution in [1.82, 2.24) is 4.98 Å². The fraction of sp³-hybridized carbons (Fsp3) is 0.250. The minimum atomic E-state index is -0.537. The second-order valence-electron chi connectivity index (χ2n) is 4.85. The van der Waals surface area contributed by atoms with Gasteiger partial charge in [-0.25, -0.2) is 4.79 Å². The fourth-order valence-corrected chi connectivity index (χ4v) is 2.05. The van der Waals surface area contributed by atoms with Gasteiger partial charge in [0.2, 0.25) is 0 Å². The predicted octanol–water partition coefficient (Wildman–Crippen LogP) is 2.61. The number of carbonyl (C=O) groups is 2. The van der Waals surface area contributed by atoms with Gasteiger partial charge in [-0.15, -0.1) is 0 Å². The van der Waals surface area contributed by atoms with Crippen LogP contribution < -0.4 is 4.90 Å². The van der Waals surface area contributed by atoms with E-state index in [-0.39, 0.29) is 18.6 Å². The first-order valence-corrected chi connectivity index (χ1v) is 6.77. The van der Waals surface area contributed by atoms with Gasteiger partial charge in [-0.2, -0.15) is 0 Å². The zero-order valence-electron chi connectivity index (χ0n) is 12.1. The third-order valence-electron chi connectivity index (χ3n) is 2.96. The monoisotopic (exact) mass is 286 g/mol. The van der Waals surface area contributed by atoms with Crippen LogP contribution in [0.4, 0.5) is 5.69 Å². The van der Waals surface area contributed by atoms with Crippen molar-refractivity contribution in [2.75, 3.05) is 11.5 Å². The molecule has 1 aromatic carbocycles. The zero-order chi connectivity index (χ0) is 15.2. The molecule has 0 saturated heterocycles. The molecule has 0 radical (unpaired) electrons. The summed E-state index contributed by atoms with van der Waals surface area (Å²) < 4.78 is 5.04. The number of aromatic nitrogens is 1. The molecular weight excluding hydrogens is 268 g/mol. The smallest absolute Gasteiger partial charge is 0.355 e. The van der Waals surface area contributed by atoms with Crippen molar-refractivity contribution in [3.63, 3.8) is 0 Å². The molecule has 2 rings (SSSR count). The summed E-state index contributed by atoms with van der Waals surface area (Å²) in [4.78, 5) is 28.4. The van der Waals surface area contributed by atoms with Crippen LogP contribution in [0.3, 0.4) is 0 Å². The number of amides is 1. The lowest BCUT2D eigenvalue weighted by Gasteiger charge is -2.26. The first kappa shape index (κ1) is 14.8. The van der Waals surface area contributed by atoms with Gasteiger partial charge in [-0.1, -0.05) is 18.2 Å². The maximum absolute atomic E-state index is 12.3. The maximum Gasteiger partial charge on any atom is 0.355 e. The molecule has 110 valence electrons. The van der Waals surface area contributed by atoms with E-state index in [1.54, 1.807) is 23.2 Å². The van der Waals surface area contributed by atoms with Crippen LogP contribution in [0.5, 0.6) is 0 Å². The number of anilines is 1. The molecule has 5 heteroatoms. The molecule has 5 nitrogen and oxygen atoms in total. The minimum absolute atomic E-state index is 0.0240. The first-order valence-electron chi connectivity index (χ1n) is 6.77. The Balaban J connectivity index is 2.02. The molecule has 0 bridgehead atoms. The van der Waals surface area contributed by atoms with E-state index < -0.39 is 5.97 Å². The van der Waals surface area contributed by atoms with Gasteiger partial charge in [0.05, 0.1) is 0 Å². The Hall–Kier alpha value is -2.56. The lowest BCUT2D eigenvalue weighted by molar-refractivity contribution is -0.122. The Bertz CT molecular complexity index is 591. The number of H-pyrrole nitrogens is 1. The minimum Gasteiger partial charge on any atom is -0.451 e. The molecule has 0 aliphatic heterocycles. The SMILES string of the molecule is CC(C)N(C(=O)COC(=O)c1ccc[nH]1)c1ccccc1. The third kappa shape index (κ3) is 3.72. The summed E-state index contributed by atoms with van der Waals surface area (Å²) in [6, 6.07) is 12.6. The molecule has 21 heavy (non-hydrogen) atoms. The highest BCUT2D eigenvalue weighted by atomic mass is 16.5. The van der Waals surface area contributed by atoms with Gasteiger partial charge in [-0.3, -0.25) is 4.79 Å².